The van der Waals surface area contributed by atoms with Crippen molar-refractivity contribution >= 4 is 42.5 Å². The topological polar surface area (TPSA) is 111 Å². The van der Waals surface area contributed by atoms with E-state index in [2.05, 4.69) is 0 Å². The summed E-state index contributed by atoms with van der Waals surface area (Å²) < 4.78 is 68.8. The van der Waals surface area contributed by atoms with Crippen LogP contribution in [-0.2, 0) is 53.1 Å². The van der Waals surface area contributed by atoms with Crippen LogP contribution in [0.1, 0.15) is 25.7 Å². The van der Waals surface area contributed by atoms with Crippen LogP contribution in [0, 0.1) is 0 Å². The van der Waals surface area contributed by atoms with Gasteiger partial charge < -0.3 is 0 Å². The summed E-state index contributed by atoms with van der Waals surface area (Å²) in [5, 5.41) is 0. The summed E-state index contributed by atoms with van der Waals surface area (Å²) in [5.41, 5.74) is 0. The third-order valence-corrected chi connectivity index (χ3v) is 25.5. The molecule has 250 valence electrons. The Kier molecular flexibility index (Phi) is 22.0. The number of hydrogen-bond acceptors (Lipinski definition) is 12. The monoisotopic (exact) mass is 684 g/mol. The first-order chi connectivity index (χ1) is 19.6. The molecule has 17 heteroatoms. The first-order valence-corrected chi connectivity index (χ1v) is 24.7. The quantitative estimate of drug-likeness (QED) is 0.0883. The molecule has 12 nitrogen and oxygen atoms in total. The van der Waals surface area contributed by atoms with Gasteiger partial charge in [0.25, 0.3) is 0 Å². The molecule has 0 fully saturated rings. The zero-order valence-electron chi connectivity index (χ0n) is 27.9. The third-order valence-electron chi connectivity index (χ3n) is 8.49. The van der Waals surface area contributed by atoms with E-state index in [-0.39, 0.29) is 0 Å². The van der Waals surface area contributed by atoms with Crippen LogP contribution in [0.15, 0.2) is 0 Å². The summed E-state index contributed by atoms with van der Waals surface area (Å²) in [4.78, 5) is 0. The van der Waals surface area contributed by atoms with Crippen molar-refractivity contribution in [2.75, 3.05) is 110 Å². The van der Waals surface area contributed by atoms with Gasteiger partial charge in [-0.3, -0.25) is 0 Å². The molecule has 0 aliphatic carbocycles. The summed E-state index contributed by atoms with van der Waals surface area (Å²) in [6, 6.07) is 3.05. The molecule has 0 rings (SSSR count). The second kappa shape index (κ2) is 21.5. The second-order valence-electron chi connectivity index (χ2n) is 10.1. The number of rotatable bonds is 28. The van der Waals surface area contributed by atoms with Crippen molar-refractivity contribution in [3.05, 3.63) is 0 Å². The zero-order chi connectivity index (χ0) is 31.5. The van der Waals surface area contributed by atoms with E-state index in [1.54, 1.807) is 85.3 Å². The van der Waals surface area contributed by atoms with Crippen LogP contribution >= 0.6 is 7.26 Å². The van der Waals surface area contributed by atoms with Gasteiger partial charge in [-0.05, 0) is 0 Å². The number of hydrogen-bond donors (Lipinski definition) is 0. The van der Waals surface area contributed by atoms with Crippen molar-refractivity contribution in [3.63, 3.8) is 0 Å². The van der Waals surface area contributed by atoms with Crippen LogP contribution in [0.25, 0.3) is 0 Å². The Balaban J connectivity index is 6.15. The maximum absolute atomic E-state index is 5.74. The van der Waals surface area contributed by atoms with Crippen LogP contribution in [0.5, 0.6) is 0 Å². The molecule has 0 bridgehead atoms. The Morgan fingerprint density at radius 2 is 0.439 bits per heavy atom. The molecule has 0 heterocycles. The molecule has 41 heavy (non-hydrogen) atoms. The van der Waals surface area contributed by atoms with Crippen LogP contribution in [0.2, 0.25) is 24.2 Å². The first-order valence-electron chi connectivity index (χ1n) is 14.2. The Hall–Kier alpha value is 0.818. The van der Waals surface area contributed by atoms with E-state index in [1.807, 2.05) is 0 Å². The normalized spacial score (nSPS) is 14.1. The fourth-order valence-corrected chi connectivity index (χ4v) is 19.2. The van der Waals surface area contributed by atoms with Crippen LogP contribution < -0.4 is 0 Å². The molecule has 0 aromatic rings. The molecule has 0 aliphatic heterocycles. The summed E-state index contributed by atoms with van der Waals surface area (Å²) in [6.45, 7) is 0. The molecular weight excluding hydrogens is 624 g/mol. The molecule has 0 saturated heterocycles. The average Bonchev–Trinajstić information content (AvgIpc) is 3.03. The van der Waals surface area contributed by atoms with Crippen LogP contribution in [0.3, 0.4) is 0 Å². The fourth-order valence-electron chi connectivity index (χ4n) is 5.69. The average molecular weight is 685 g/mol. The van der Waals surface area contributed by atoms with E-state index in [9.17, 15) is 0 Å². The van der Waals surface area contributed by atoms with Gasteiger partial charge in [0, 0.05) is 0 Å². The van der Waals surface area contributed by atoms with Crippen LogP contribution in [-0.4, -0.2) is 145 Å². The Labute approximate surface area is 255 Å². The van der Waals surface area contributed by atoms with E-state index in [0.29, 0.717) is 0 Å². The summed E-state index contributed by atoms with van der Waals surface area (Å²) >= 11 is 0. The van der Waals surface area contributed by atoms with Crippen molar-refractivity contribution in [2.24, 2.45) is 0 Å². The maximum atomic E-state index is 5.74. The van der Waals surface area contributed by atoms with Gasteiger partial charge in [0.2, 0.25) is 0 Å². The van der Waals surface area contributed by atoms with Crippen LogP contribution in [0.4, 0.5) is 0 Å². The summed E-state index contributed by atoms with van der Waals surface area (Å²) in [6.07, 6.45) is 8.22. The SMILES string of the molecule is CO[Si](CCC[PH](CCC[Si](OC)(OC)OC)(CCC[Si](OC)(OC)OC)CCC[Si](OC)(OC)OC)(OC)OC. The van der Waals surface area contributed by atoms with Gasteiger partial charge in [0.15, 0.2) is 0 Å². The van der Waals surface area contributed by atoms with Gasteiger partial charge in [-0.15, -0.1) is 0 Å². The van der Waals surface area contributed by atoms with E-state index in [4.69, 9.17) is 53.1 Å². The minimum absolute atomic E-state index is 0.762. The zero-order valence-corrected chi connectivity index (χ0v) is 32.9. The Morgan fingerprint density at radius 1 is 0.293 bits per heavy atom. The third kappa shape index (κ3) is 13.0. The molecule has 0 aromatic carbocycles. The molecule has 0 aromatic heterocycles. The fraction of sp³-hybridized carbons (Fsp3) is 1.00. The first kappa shape index (κ1) is 41.8. The van der Waals surface area contributed by atoms with Gasteiger partial charge in [-0.2, -0.15) is 0 Å². The molecule has 0 atom stereocenters. The minimum atomic E-state index is -2.69. The van der Waals surface area contributed by atoms with Crippen molar-refractivity contribution < 1.29 is 53.1 Å². The van der Waals surface area contributed by atoms with Gasteiger partial charge in [0.1, 0.15) is 0 Å². The molecule has 0 amide bonds. The molecule has 0 radical (unpaired) electrons. The van der Waals surface area contributed by atoms with Crippen molar-refractivity contribution in [1.82, 2.24) is 0 Å². The Morgan fingerprint density at radius 3 is 0.561 bits per heavy atom. The summed E-state index contributed by atoms with van der Waals surface area (Å²) in [7, 11) is 7.35. The molecule has 0 N–H and O–H groups in total. The van der Waals surface area contributed by atoms with Gasteiger partial charge >= 0.3 is 255 Å². The predicted octanol–water partition coefficient (Wildman–Crippen LogP) is 3.81. The molecule has 0 aliphatic rings. The standard InChI is InChI=1S/C24H61O12PSi4/c1-25-38(26-2,27-3)21-13-17-37(18-14-22-39(28-4,29-5)30-6,19-15-23-40(31-7,32-8)33-9)20-16-24-41(34-10,35-11)36-12/h37H,13-24H2,1-12H3. The second-order valence-corrected chi connectivity index (χ2v) is 27.5. The van der Waals surface area contributed by atoms with Gasteiger partial charge in [-0.1, -0.05) is 0 Å². The Bertz CT molecular complexity index is 512. The summed E-state index contributed by atoms with van der Waals surface area (Å²) in [5.74, 6) is 0. The van der Waals surface area contributed by atoms with Crippen molar-refractivity contribution in [1.29, 1.82) is 0 Å². The molecular formula is C24H61O12PSi4. The molecule has 0 spiro atoms. The molecule has 0 unspecified atom stereocenters. The van der Waals surface area contributed by atoms with Crippen molar-refractivity contribution in [2.45, 2.75) is 49.9 Å². The predicted molar refractivity (Wildman–Crippen MR) is 173 cm³/mol. The van der Waals surface area contributed by atoms with Crippen molar-refractivity contribution in [3.8, 4) is 0 Å². The van der Waals surface area contributed by atoms with E-state index < -0.39 is 42.5 Å². The van der Waals surface area contributed by atoms with E-state index in [1.165, 1.54) is 0 Å². The van der Waals surface area contributed by atoms with Gasteiger partial charge in [-0.25, -0.2) is 0 Å². The van der Waals surface area contributed by atoms with E-state index in [0.717, 1.165) is 74.5 Å². The van der Waals surface area contributed by atoms with E-state index >= 15 is 0 Å². The van der Waals surface area contributed by atoms with Gasteiger partial charge in [0.05, 0.1) is 0 Å². The molecule has 0 saturated carbocycles.